The van der Waals surface area contributed by atoms with Gasteiger partial charge in [-0.25, -0.2) is 13.4 Å². The lowest BCUT2D eigenvalue weighted by molar-refractivity contribution is 0.0703. The highest BCUT2D eigenvalue weighted by atomic mass is 32.2. The highest BCUT2D eigenvalue weighted by Crippen LogP contribution is 2.21. The number of amides is 1. The summed E-state index contributed by atoms with van der Waals surface area (Å²) in [5.74, 6) is 0.117. The van der Waals surface area contributed by atoms with Crippen LogP contribution in [0.15, 0.2) is 5.38 Å². The van der Waals surface area contributed by atoms with Crippen molar-refractivity contribution < 1.29 is 13.2 Å². The van der Waals surface area contributed by atoms with E-state index in [-0.39, 0.29) is 23.5 Å². The maximum absolute atomic E-state index is 12.5. The van der Waals surface area contributed by atoms with Gasteiger partial charge in [0, 0.05) is 18.0 Å². The maximum atomic E-state index is 12.5. The molecule has 1 aromatic heterocycles. The Balaban J connectivity index is 2.12. The summed E-state index contributed by atoms with van der Waals surface area (Å²) in [4.78, 5) is 18.5. The van der Waals surface area contributed by atoms with Crippen molar-refractivity contribution in [3.05, 3.63) is 16.1 Å². The summed E-state index contributed by atoms with van der Waals surface area (Å²) < 4.78 is 23.1. The predicted molar refractivity (Wildman–Crippen MR) is 79.9 cm³/mol. The zero-order valence-corrected chi connectivity index (χ0v) is 13.5. The Morgan fingerprint density at radius 3 is 2.80 bits per heavy atom. The first kappa shape index (κ1) is 15.4. The SMILES string of the molecule is CCCc1nc(C(=O)N(CC)[C@H]2CCS(=O)(=O)C2)cs1. The molecule has 1 fully saturated rings. The van der Waals surface area contributed by atoms with E-state index in [1.54, 1.807) is 10.3 Å². The molecule has 2 rings (SSSR count). The van der Waals surface area contributed by atoms with Crippen LogP contribution in [-0.2, 0) is 16.3 Å². The largest absolute Gasteiger partial charge is 0.334 e. The van der Waals surface area contributed by atoms with Gasteiger partial charge in [0.2, 0.25) is 0 Å². The van der Waals surface area contributed by atoms with Gasteiger partial charge in [-0.3, -0.25) is 4.79 Å². The molecule has 7 heteroatoms. The van der Waals surface area contributed by atoms with Crippen LogP contribution < -0.4 is 0 Å². The molecule has 1 aromatic rings. The van der Waals surface area contributed by atoms with Gasteiger partial charge in [0.05, 0.1) is 16.5 Å². The molecule has 5 nitrogen and oxygen atoms in total. The van der Waals surface area contributed by atoms with E-state index in [4.69, 9.17) is 0 Å². The number of rotatable bonds is 5. The van der Waals surface area contributed by atoms with Crippen molar-refractivity contribution in [2.75, 3.05) is 18.1 Å². The summed E-state index contributed by atoms with van der Waals surface area (Å²) in [6.07, 6.45) is 2.41. The molecule has 0 spiro atoms. The molecule has 1 aliphatic heterocycles. The molecule has 0 unspecified atom stereocenters. The molecule has 0 bridgehead atoms. The minimum Gasteiger partial charge on any atom is -0.334 e. The summed E-state index contributed by atoms with van der Waals surface area (Å²) in [5, 5.41) is 2.74. The van der Waals surface area contributed by atoms with Gasteiger partial charge >= 0.3 is 0 Å². The van der Waals surface area contributed by atoms with Crippen LogP contribution in [0, 0.1) is 0 Å². The first-order valence-electron chi connectivity index (χ1n) is 6.92. The number of aryl methyl sites for hydroxylation is 1. The lowest BCUT2D eigenvalue weighted by Crippen LogP contribution is -2.41. The fraction of sp³-hybridized carbons (Fsp3) is 0.692. The van der Waals surface area contributed by atoms with Gasteiger partial charge in [-0.15, -0.1) is 11.3 Å². The first-order chi connectivity index (χ1) is 9.46. The second-order valence-corrected chi connectivity index (χ2v) is 8.20. The highest BCUT2D eigenvalue weighted by Gasteiger charge is 2.34. The van der Waals surface area contributed by atoms with Crippen LogP contribution in [0.25, 0.3) is 0 Å². The second-order valence-electron chi connectivity index (χ2n) is 5.02. The fourth-order valence-corrected chi connectivity index (χ4v) is 5.08. The number of aromatic nitrogens is 1. The molecule has 0 saturated carbocycles. The molecule has 0 aliphatic carbocycles. The number of sulfone groups is 1. The van der Waals surface area contributed by atoms with Crippen molar-refractivity contribution in [3.8, 4) is 0 Å². The van der Waals surface area contributed by atoms with Crippen molar-refractivity contribution in [1.82, 2.24) is 9.88 Å². The van der Waals surface area contributed by atoms with Gasteiger partial charge in [-0.05, 0) is 26.2 Å². The molecule has 1 atom stereocenters. The fourth-order valence-electron chi connectivity index (χ4n) is 2.47. The molecule has 0 N–H and O–H groups in total. The molecular formula is C13H20N2O3S2. The monoisotopic (exact) mass is 316 g/mol. The van der Waals surface area contributed by atoms with Crippen molar-refractivity contribution in [3.63, 3.8) is 0 Å². The van der Waals surface area contributed by atoms with Crippen LogP contribution in [0.2, 0.25) is 0 Å². The average Bonchev–Trinajstić information content (AvgIpc) is 2.98. The normalized spacial score (nSPS) is 21.0. The van der Waals surface area contributed by atoms with Crippen molar-refractivity contribution in [2.24, 2.45) is 0 Å². The molecule has 2 heterocycles. The molecule has 0 aromatic carbocycles. The molecule has 1 saturated heterocycles. The summed E-state index contributed by atoms with van der Waals surface area (Å²) in [6.45, 7) is 4.46. The molecule has 1 amide bonds. The smallest absolute Gasteiger partial charge is 0.273 e. The number of hydrogen-bond acceptors (Lipinski definition) is 5. The summed E-state index contributed by atoms with van der Waals surface area (Å²) in [7, 11) is -2.98. The third-order valence-electron chi connectivity index (χ3n) is 3.49. The summed E-state index contributed by atoms with van der Waals surface area (Å²) >= 11 is 1.50. The van der Waals surface area contributed by atoms with Crippen molar-refractivity contribution >= 4 is 27.1 Å². The quantitative estimate of drug-likeness (QED) is 0.830. The highest BCUT2D eigenvalue weighted by molar-refractivity contribution is 7.91. The molecular weight excluding hydrogens is 296 g/mol. The van der Waals surface area contributed by atoms with Gasteiger partial charge in [0.15, 0.2) is 9.84 Å². The van der Waals surface area contributed by atoms with Gasteiger partial charge < -0.3 is 4.90 Å². The van der Waals surface area contributed by atoms with Gasteiger partial charge in [-0.1, -0.05) is 6.92 Å². The van der Waals surface area contributed by atoms with E-state index in [1.807, 2.05) is 6.92 Å². The number of carbonyl (C=O) groups is 1. The minimum atomic E-state index is -2.98. The van der Waals surface area contributed by atoms with Crippen LogP contribution in [0.3, 0.4) is 0 Å². The Hall–Kier alpha value is -0.950. The van der Waals surface area contributed by atoms with Gasteiger partial charge in [-0.2, -0.15) is 0 Å². The zero-order valence-electron chi connectivity index (χ0n) is 11.8. The second kappa shape index (κ2) is 6.22. The molecule has 112 valence electrons. The Labute approximate surface area is 123 Å². The number of nitrogens with zero attached hydrogens (tertiary/aromatic N) is 2. The van der Waals surface area contributed by atoms with Gasteiger partial charge in [0.25, 0.3) is 5.91 Å². The van der Waals surface area contributed by atoms with Crippen LogP contribution in [0.5, 0.6) is 0 Å². The first-order valence-corrected chi connectivity index (χ1v) is 9.62. The van der Waals surface area contributed by atoms with E-state index in [9.17, 15) is 13.2 Å². The van der Waals surface area contributed by atoms with Crippen LogP contribution >= 0.6 is 11.3 Å². The van der Waals surface area contributed by atoms with E-state index in [1.165, 1.54) is 11.3 Å². The number of carbonyl (C=O) groups excluding carboxylic acids is 1. The maximum Gasteiger partial charge on any atom is 0.273 e. The zero-order chi connectivity index (χ0) is 14.8. The Bertz CT molecular complexity index is 580. The lowest BCUT2D eigenvalue weighted by Gasteiger charge is -2.25. The standard InChI is InChI=1S/C13H20N2O3S2/c1-3-5-12-14-11(8-19-12)13(16)15(4-2)10-6-7-20(17,18)9-10/h8,10H,3-7,9H2,1-2H3/t10-/m0/s1. The summed E-state index contributed by atoms with van der Waals surface area (Å²) in [5.41, 5.74) is 0.449. The average molecular weight is 316 g/mol. The third kappa shape index (κ3) is 3.38. The Morgan fingerprint density at radius 2 is 2.25 bits per heavy atom. The van der Waals surface area contributed by atoms with E-state index in [0.29, 0.717) is 18.7 Å². The predicted octanol–water partition coefficient (Wildman–Crippen LogP) is 1.74. The van der Waals surface area contributed by atoms with E-state index < -0.39 is 9.84 Å². The van der Waals surface area contributed by atoms with Crippen LogP contribution in [-0.4, -0.2) is 48.3 Å². The van der Waals surface area contributed by atoms with E-state index in [2.05, 4.69) is 11.9 Å². The number of hydrogen-bond donors (Lipinski definition) is 0. The van der Waals surface area contributed by atoms with E-state index >= 15 is 0 Å². The third-order valence-corrected chi connectivity index (χ3v) is 6.14. The molecule has 20 heavy (non-hydrogen) atoms. The Kier molecular flexibility index (Phi) is 4.80. The number of thiazole rings is 1. The summed E-state index contributed by atoms with van der Waals surface area (Å²) in [6, 6.07) is -0.200. The molecule has 0 radical (unpaired) electrons. The molecule has 1 aliphatic rings. The van der Waals surface area contributed by atoms with Crippen LogP contribution in [0.1, 0.15) is 42.2 Å². The minimum absolute atomic E-state index is 0.0819. The van der Waals surface area contributed by atoms with Crippen molar-refractivity contribution in [2.45, 2.75) is 39.2 Å². The van der Waals surface area contributed by atoms with Crippen molar-refractivity contribution in [1.29, 1.82) is 0 Å². The topological polar surface area (TPSA) is 67.3 Å². The lowest BCUT2D eigenvalue weighted by atomic mass is 10.2. The Morgan fingerprint density at radius 1 is 1.50 bits per heavy atom. The van der Waals surface area contributed by atoms with E-state index in [0.717, 1.165) is 17.8 Å². The van der Waals surface area contributed by atoms with Crippen LogP contribution in [0.4, 0.5) is 0 Å². The van der Waals surface area contributed by atoms with Gasteiger partial charge in [0.1, 0.15) is 5.69 Å².